The molecule has 0 saturated heterocycles. The molecule has 0 aliphatic rings. The number of phenolic OH excluding ortho intramolecular Hbond substituents is 6. The van der Waals surface area contributed by atoms with Gasteiger partial charge in [0.2, 0.25) is 11.8 Å². The molecule has 166 valence electrons. The molecule has 0 aromatic heterocycles. The molecule has 0 spiro atoms. The van der Waals surface area contributed by atoms with E-state index in [0.29, 0.717) is 0 Å². The normalized spacial score (nSPS) is 10.8. The van der Waals surface area contributed by atoms with Crippen LogP contribution in [-0.4, -0.2) is 42.5 Å². The van der Waals surface area contributed by atoms with Crippen molar-refractivity contribution in [1.82, 2.24) is 0 Å². The molecule has 3 aromatic carbocycles. The van der Waals surface area contributed by atoms with Crippen molar-refractivity contribution in [2.45, 2.75) is 12.8 Å². The SMILES string of the molecule is NC(=O)c1ccc(C(N)=O)c(Cc2cc(O)c(O)c(O)c2)c1Cc1cc(O)c(O)c(O)c1. The molecule has 32 heavy (non-hydrogen) atoms. The molecule has 3 rings (SSSR count). The van der Waals surface area contributed by atoms with Crippen molar-refractivity contribution in [2.75, 3.05) is 0 Å². The van der Waals surface area contributed by atoms with Crippen LogP contribution in [0.25, 0.3) is 0 Å². The number of carbonyl (C=O) groups is 2. The van der Waals surface area contributed by atoms with E-state index in [0.717, 1.165) is 0 Å². The van der Waals surface area contributed by atoms with Crippen molar-refractivity contribution in [3.8, 4) is 34.5 Å². The third kappa shape index (κ3) is 4.15. The lowest BCUT2D eigenvalue weighted by Gasteiger charge is -2.18. The highest BCUT2D eigenvalue weighted by Crippen LogP contribution is 2.38. The van der Waals surface area contributed by atoms with Gasteiger partial charge in [-0.1, -0.05) is 0 Å². The fourth-order valence-corrected chi connectivity index (χ4v) is 3.49. The van der Waals surface area contributed by atoms with Gasteiger partial charge in [-0.25, -0.2) is 0 Å². The average molecular weight is 440 g/mol. The Morgan fingerprint density at radius 1 is 0.594 bits per heavy atom. The molecule has 0 aliphatic carbocycles. The van der Waals surface area contributed by atoms with E-state index in [1.54, 1.807) is 0 Å². The Morgan fingerprint density at radius 3 is 1.12 bits per heavy atom. The summed E-state index contributed by atoms with van der Waals surface area (Å²) in [6, 6.07) is 7.29. The Kier molecular flexibility index (Phi) is 5.71. The molecule has 2 amide bonds. The summed E-state index contributed by atoms with van der Waals surface area (Å²) in [5, 5.41) is 58.4. The summed E-state index contributed by atoms with van der Waals surface area (Å²) in [4.78, 5) is 24.2. The van der Waals surface area contributed by atoms with E-state index in [2.05, 4.69) is 0 Å². The second-order valence-electron chi connectivity index (χ2n) is 7.17. The minimum atomic E-state index is -0.819. The molecule has 0 unspecified atom stereocenters. The molecule has 0 heterocycles. The average Bonchev–Trinajstić information content (AvgIpc) is 2.70. The van der Waals surface area contributed by atoms with Gasteiger partial charge in [-0.2, -0.15) is 0 Å². The predicted octanol–water partition coefficient (Wildman–Crippen LogP) is 1.30. The molecule has 10 heteroatoms. The molecule has 0 aliphatic heterocycles. The van der Waals surface area contributed by atoms with Crippen LogP contribution in [0.2, 0.25) is 0 Å². The van der Waals surface area contributed by atoms with E-state index in [1.807, 2.05) is 0 Å². The molecular formula is C22H20N2O8. The van der Waals surface area contributed by atoms with Gasteiger partial charge in [0.15, 0.2) is 34.5 Å². The fraction of sp³-hybridized carbons (Fsp3) is 0.0909. The molecule has 0 bridgehead atoms. The van der Waals surface area contributed by atoms with E-state index >= 15 is 0 Å². The fourth-order valence-electron chi connectivity index (χ4n) is 3.49. The van der Waals surface area contributed by atoms with Crippen LogP contribution in [-0.2, 0) is 12.8 Å². The second kappa shape index (κ2) is 8.26. The molecule has 0 atom stereocenters. The lowest BCUT2D eigenvalue weighted by atomic mass is 9.87. The first kappa shape index (κ1) is 22.1. The summed E-state index contributed by atoms with van der Waals surface area (Å²) in [5.41, 5.74) is 12.1. The first-order chi connectivity index (χ1) is 15.0. The van der Waals surface area contributed by atoms with Crippen molar-refractivity contribution in [1.29, 1.82) is 0 Å². The van der Waals surface area contributed by atoms with Gasteiger partial charge in [0.1, 0.15) is 0 Å². The Morgan fingerprint density at radius 2 is 0.875 bits per heavy atom. The van der Waals surface area contributed by atoms with Crippen molar-refractivity contribution in [3.05, 3.63) is 69.8 Å². The third-order valence-corrected chi connectivity index (χ3v) is 4.98. The number of aromatic hydroxyl groups is 6. The van der Waals surface area contributed by atoms with Crippen molar-refractivity contribution < 1.29 is 40.2 Å². The van der Waals surface area contributed by atoms with Gasteiger partial charge in [0.25, 0.3) is 0 Å². The molecule has 3 aromatic rings. The van der Waals surface area contributed by atoms with Gasteiger partial charge in [-0.3, -0.25) is 9.59 Å². The van der Waals surface area contributed by atoms with Crippen LogP contribution in [0.5, 0.6) is 34.5 Å². The number of nitrogens with two attached hydrogens (primary N) is 2. The Bertz CT molecular complexity index is 1110. The van der Waals surface area contributed by atoms with E-state index in [9.17, 15) is 40.2 Å². The first-order valence-electron chi connectivity index (χ1n) is 9.21. The largest absolute Gasteiger partial charge is 0.504 e. The van der Waals surface area contributed by atoms with Gasteiger partial charge >= 0.3 is 0 Å². The zero-order chi connectivity index (χ0) is 23.7. The zero-order valence-electron chi connectivity index (χ0n) is 16.5. The summed E-state index contributed by atoms with van der Waals surface area (Å²) in [6.45, 7) is 0. The molecule has 0 radical (unpaired) electrons. The minimum absolute atomic E-state index is 0.0317. The first-order valence-corrected chi connectivity index (χ1v) is 9.21. The number of primary amides is 2. The molecule has 10 nitrogen and oxygen atoms in total. The van der Waals surface area contributed by atoms with Crippen molar-refractivity contribution >= 4 is 11.8 Å². The highest BCUT2D eigenvalue weighted by molar-refractivity contribution is 5.99. The van der Waals surface area contributed by atoms with Gasteiger partial charge in [-0.05, 0) is 71.5 Å². The lowest BCUT2D eigenvalue weighted by Crippen LogP contribution is -2.20. The van der Waals surface area contributed by atoms with Crippen LogP contribution >= 0.6 is 0 Å². The van der Waals surface area contributed by atoms with Gasteiger partial charge in [-0.15, -0.1) is 0 Å². The van der Waals surface area contributed by atoms with Gasteiger partial charge < -0.3 is 42.1 Å². The summed E-state index contributed by atoms with van der Waals surface area (Å²) in [5.74, 6) is -5.46. The van der Waals surface area contributed by atoms with E-state index in [4.69, 9.17) is 11.5 Å². The van der Waals surface area contributed by atoms with Crippen molar-refractivity contribution in [2.24, 2.45) is 11.5 Å². The van der Waals surface area contributed by atoms with Crippen LogP contribution in [0.15, 0.2) is 36.4 Å². The quantitative estimate of drug-likeness (QED) is 0.261. The topological polar surface area (TPSA) is 208 Å². The van der Waals surface area contributed by atoms with Crippen molar-refractivity contribution in [3.63, 3.8) is 0 Å². The molecule has 0 saturated carbocycles. The summed E-state index contributed by atoms with van der Waals surface area (Å²) in [7, 11) is 0. The van der Waals surface area contributed by atoms with Crippen LogP contribution < -0.4 is 11.5 Å². The highest BCUT2D eigenvalue weighted by atomic mass is 16.3. The van der Waals surface area contributed by atoms with E-state index in [-0.39, 0.29) is 46.2 Å². The number of benzene rings is 3. The number of amides is 2. The Balaban J connectivity index is 2.23. The maximum atomic E-state index is 12.1. The molecule has 10 N–H and O–H groups in total. The number of hydrogen-bond donors (Lipinski definition) is 8. The maximum Gasteiger partial charge on any atom is 0.248 e. The Hall–Kier alpha value is -4.60. The van der Waals surface area contributed by atoms with Gasteiger partial charge in [0, 0.05) is 11.1 Å². The number of carbonyl (C=O) groups excluding carboxylic acids is 2. The summed E-state index contributed by atoms with van der Waals surface area (Å²) in [6.07, 6.45) is -0.210. The van der Waals surface area contributed by atoms with Crippen LogP contribution in [0, 0.1) is 0 Å². The van der Waals surface area contributed by atoms with Crippen LogP contribution in [0.3, 0.4) is 0 Å². The van der Waals surface area contributed by atoms with E-state index in [1.165, 1.54) is 36.4 Å². The Labute approximate surface area is 181 Å². The zero-order valence-corrected chi connectivity index (χ0v) is 16.5. The van der Waals surface area contributed by atoms with Gasteiger partial charge in [0.05, 0.1) is 0 Å². The molecule has 0 fully saturated rings. The number of hydrogen-bond acceptors (Lipinski definition) is 8. The lowest BCUT2D eigenvalue weighted by molar-refractivity contribution is 0.0987. The monoisotopic (exact) mass is 440 g/mol. The second-order valence-corrected chi connectivity index (χ2v) is 7.17. The smallest absolute Gasteiger partial charge is 0.248 e. The van der Waals surface area contributed by atoms with E-state index < -0.39 is 46.3 Å². The molecular weight excluding hydrogens is 420 g/mol. The standard InChI is InChI=1S/C22H20N2O8/c23-21(31)11-1-2-12(22(24)32)14(4-10-7-17(27)20(30)18(28)8-10)13(11)3-9-5-15(25)19(29)16(26)6-9/h1-2,5-8,25-30H,3-4H2,(H2,23,31)(H2,24,32). The third-order valence-electron chi connectivity index (χ3n) is 4.98. The minimum Gasteiger partial charge on any atom is -0.504 e. The summed E-state index contributed by atoms with van der Waals surface area (Å²) >= 11 is 0. The predicted molar refractivity (Wildman–Crippen MR) is 112 cm³/mol. The van der Waals surface area contributed by atoms with Crippen LogP contribution in [0.4, 0.5) is 0 Å². The number of rotatable bonds is 6. The maximum absolute atomic E-state index is 12.1. The summed E-state index contributed by atoms with van der Waals surface area (Å²) < 4.78 is 0. The van der Waals surface area contributed by atoms with Crippen LogP contribution in [0.1, 0.15) is 43.0 Å². The number of phenols is 6. The highest BCUT2D eigenvalue weighted by Gasteiger charge is 2.22.